The second-order valence-corrected chi connectivity index (χ2v) is 13.4. The molecule has 1 aromatic carbocycles. The highest BCUT2D eigenvalue weighted by Crippen LogP contribution is 2.81. The van der Waals surface area contributed by atoms with Gasteiger partial charge in [-0.1, -0.05) is 19.1 Å². The predicted octanol–water partition coefficient (Wildman–Crippen LogP) is 0.0752. The third-order valence-corrected chi connectivity index (χ3v) is 12.6. The second-order valence-electron chi connectivity index (χ2n) is 13.4. The molecule has 7 bridgehead atoms. The van der Waals surface area contributed by atoms with E-state index in [0.717, 1.165) is 0 Å². The average molecular weight is 575 g/mol. The van der Waals surface area contributed by atoms with Crippen LogP contribution in [0.15, 0.2) is 24.3 Å². The minimum Gasteiger partial charge on any atom is -0.454 e. The van der Waals surface area contributed by atoms with Gasteiger partial charge in [-0.25, -0.2) is 4.79 Å². The summed E-state index contributed by atoms with van der Waals surface area (Å²) >= 11 is 0. The van der Waals surface area contributed by atoms with Crippen molar-refractivity contribution in [3.05, 3.63) is 29.8 Å². The van der Waals surface area contributed by atoms with Crippen LogP contribution in [0.25, 0.3) is 0 Å². The van der Waals surface area contributed by atoms with Crippen LogP contribution in [0.4, 0.5) is 5.69 Å². The number of carbonyl (C=O) groups excluding carboxylic acids is 1. The number of methoxy groups -OCH3 is 3. The van der Waals surface area contributed by atoms with E-state index in [0.29, 0.717) is 31.6 Å². The SMILES string of the molecule is CCN1CC2(OC(=O)c3ccccc3N)CCC(OC)C34C2CC(O)(C13)C1(O)CC(OC)C2CC4(O)C1(O)C2OC. The van der Waals surface area contributed by atoms with E-state index in [4.69, 9.17) is 24.7 Å². The molecule has 6 aliphatic rings. The molecule has 1 aromatic rings. The number of ether oxygens (including phenoxy) is 4. The van der Waals surface area contributed by atoms with Gasteiger partial charge in [-0.15, -0.1) is 0 Å². The first-order chi connectivity index (χ1) is 19.4. The van der Waals surface area contributed by atoms with E-state index in [1.807, 2.05) is 11.8 Å². The van der Waals surface area contributed by atoms with Crippen LogP contribution in [0, 0.1) is 17.3 Å². The number of esters is 1. The fourth-order valence-electron chi connectivity index (χ4n) is 11.3. The Bertz CT molecular complexity index is 1280. The van der Waals surface area contributed by atoms with Crippen LogP contribution < -0.4 is 5.73 Å². The summed E-state index contributed by atoms with van der Waals surface area (Å²) < 4.78 is 24.4. The van der Waals surface area contributed by atoms with E-state index in [2.05, 4.69) is 0 Å². The van der Waals surface area contributed by atoms with E-state index in [1.165, 1.54) is 14.2 Å². The Morgan fingerprint density at radius 2 is 1.76 bits per heavy atom. The number of nitrogens with zero attached hydrogens (tertiary/aromatic N) is 1. The third kappa shape index (κ3) is 2.69. The normalized spacial score (nSPS) is 52.9. The average Bonchev–Trinajstić information content (AvgIpc) is 3.30. The maximum atomic E-state index is 13.7. The molecule has 0 amide bonds. The van der Waals surface area contributed by atoms with Gasteiger partial charge < -0.3 is 45.1 Å². The van der Waals surface area contributed by atoms with Gasteiger partial charge in [0.25, 0.3) is 0 Å². The molecule has 1 aliphatic heterocycles. The molecule has 11 nitrogen and oxygen atoms in total. The summed E-state index contributed by atoms with van der Waals surface area (Å²) in [6.07, 6.45) is -1.36. The van der Waals surface area contributed by atoms with Gasteiger partial charge in [0.1, 0.15) is 22.4 Å². The minimum atomic E-state index is -2.24. The standard InChI is InChI=1S/C30H42N2O9/c1-5-32-15-25(41-23(33)16-8-6-7-9-18(16)31)11-10-21(39-3)29-20(25)14-26(34,24(29)32)27(35)13-19(38-2)17-12-28(29,36)30(27,37)22(17)40-4/h6-9,17,19-22,24,34-37H,5,10-15,31H2,1-4H3. The lowest BCUT2D eigenvalue weighted by atomic mass is 9.41. The fourth-order valence-corrected chi connectivity index (χ4v) is 11.3. The molecule has 1 saturated heterocycles. The molecule has 1 spiro atoms. The van der Waals surface area contributed by atoms with Crippen molar-refractivity contribution in [1.29, 1.82) is 0 Å². The molecule has 11 heteroatoms. The molecule has 0 radical (unpaired) electrons. The molecule has 6 N–H and O–H groups in total. The Balaban J connectivity index is 1.48. The van der Waals surface area contributed by atoms with Gasteiger partial charge in [0.05, 0.1) is 35.3 Å². The number of fused-ring (bicyclic) bond motifs is 2. The van der Waals surface area contributed by atoms with Crippen molar-refractivity contribution in [2.45, 2.75) is 91.4 Å². The first-order valence-corrected chi connectivity index (χ1v) is 14.7. The van der Waals surface area contributed by atoms with Crippen molar-refractivity contribution in [1.82, 2.24) is 4.90 Å². The first-order valence-electron chi connectivity index (χ1n) is 14.7. The van der Waals surface area contributed by atoms with E-state index in [9.17, 15) is 25.2 Å². The molecule has 12 unspecified atom stereocenters. The highest BCUT2D eigenvalue weighted by molar-refractivity contribution is 5.95. The lowest BCUT2D eigenvalue weighted by molar-refractivity contribution is -0.408. The molecule has 7 rings (SSSR count). The number of piperidine rings is 1. The molecular formula is C30H42N2O9. The zero-order valence-electron chi connectivity index (χ0n) is 24.1. The molecular weight excluding hydrogens is 532 g/mol. The first kappa shape index (κ1) is 28.0. The molecule has 6 fully saturated rings. The van der Waals surface area contributed by atoms with E-state index < -0.39 is 75.6 Å². The van der Waals surface area contributed by atoms with E-state index in [-0.39, 0.29) is 24.8 Å². The number of benzene rings is 1. The minimum absolute atomic E-state index is 0.00969. The zero-order chi connectivity index (χ0) is 29.4. The smallest absolute Gasteiger partial charge is 0.340 e. The number of anilines is 1. The Kier molecular flexibility index (Phi) is 5.74. The van der Waals surface area contributed by atoms with Gasteiger partial charge in [0, 0.05) is 51.8 Å². The van der Waals surface area contributed by atoms with Crippen LogP contribution >= 0.6 is 0 Å². The Morgan fingerprint density at radius 3 is 2.39 bits per heavy atom. The molecule has 41 heavy (non-hydrogen) atoms. The van der Waals surface area contributed by atoms with Gasteiger partial charge in [0.15, 0.2) is 5.60 Å². The van der Waals surface area contributed by atoms with Crippen LogP contribution in [0.5, 0.6) is 0 Å². The molecule has 5 saturated carbocycles. The van der Waals surface area contributed by atoms with Crippen molar-refractivity contribution in [3.8, 4) is 0 Å². The fraction of sp³-hybridized carbons (Fsp3) is 0.767. The van der Waals surface area contributed by atoms with Gasteiger partial charge in [0.2, 0.25) is 0 Å². The van der Waals surface area contributed by atoms with Crippen molar-refractivity contribution >= 4 is 11.7 Å². The van der Waals surface area contributed by atoms with Crippen LogP contribution in [-0.2, 0) is 18.9 Å². The molecule has 12 atom stereocenters. The van der Waals surface area contributed by atoms with Crippen LogP contribution in [-0.4, -0.2) is 118 Å². The summed E-state index contributed by atoms with van der Waals surface area (Å²) in [5.74, 6) is -1.67. The Labute approximate surface area is 239 Å². The highest BCUT2D eigenvalue weighted by atomic mass is 16.6. The summed E-state index contributed by atoms with van der Waals surface area (Å²) in [6.45, 7) is 2.69. The van der Waals surface area contributed by atoms with Crippen molar-refractivity contribution in [3.63, 3.8) is 0 Å². The number of nitrogens with two attached hydrogens (primary N) is 1. The Hall–Kier alpha value is -1.83. The third-order valence-electron chi connectivity index (χ3n) is 12.6. The number of aliphatic hydroxyl groups is 4. The lowest BCUT2D eigenvalue weighted by Crippen LogP contribution is -2.93. The predicted molar refractivity (Wildman–Crippen MR) is 145 cm³/mol. The monoisotopic (exact) mass is 574 g/mol. The summed E-state index contributed by atoms with van der Waals surface area (Å²) in [6, 6.07) is 5.94. The number of carbonyl (C=O) groups is 1. The topological polar surface area (TPSA) is 164 Å². The number of likely N-dealkylation sites (tertiary alicyclic amines) is 1. The largest absolute Gasteiger partial charge is 0.454 e. The van der Waals surface area contributed by atoms with Crippen LogP contribution in [0.1, 0.15) is 49.4 Å². The van der Waals surface area contributed by atoms with Crippen molar-refractivity contribution < 1.29 is 44.2 Å². The lowest BCUT2D eigenvalue weighted by Gasteiger charge is -2.74. The van der Waals surface area contributed by atoms with Crippen molar-refractivity contribution in [2.75, 3.05) is 40.2 Å². The van der Waals surface area contributed by atoms with Crippen LogP contribution in [0.2, 0.25) is 0 Å². The Morgan fingerprint density at radius 1 is 1.02 bits per heavy atom. The van der Waals surface area contributed by atoms with Crippen molar-refractivity contribution in [2.24, 2.45) is 17.3 Å². The number of hydrogen-bond acceptors (Lipinski definition) is 11. The number of rotatable bonds is 6. The van der Waals surface area contributed by atoms with Gasteiger partial charge in [-0.2, -0.15) is 0 Å². The quantitative estimate of drug-likeness (QED) is 0.231. The number of nitrogen functional groups attached to an aromatic ring is 1. The second kappa shape index (κ2) is 8.41. The maximum Gasteiger partial charge on any atom is 0.340 e. The van der Waals surface area contributed by atoms with Crippen LogP contribution in [0.3, 0.4) is 0 Å². The van der Waals surface area contributed by atoms with Gasteiger partial charge >= 0.3 is 5.97 Å². The zero-order valence-corrected chi connectivity index (χ0v) is 24.1. The van der Waals surface area contributed by atoms with E-state index >= 15 is 0 Å². The maximum absolute atomic E-state index is 13.7. The number of para-hydroxylation sites is 1. The van der Waals surface area contributed by atoms with E-state index in [1.54, 1.807) is 31.4 Å². The summed E-state index contributed by atoms with van der Waals surface area (Å²) in [5.41, 5.74) is -4.06. The molecule has 1 heterocycles. The summed E-state index contributed by atoms with van der Waals surface area (Å²) in [5, 5.41) is 51.8. The molecule has 5 aliphatic carbocycles. The van der Waals surface area contributed by atoms with Gasteiger partial charge in [-0.05, 0) is 44.4 Å². The molecule has 0 aromatic heterocycles. The molecule has 226 valence electrons. The summed E-state index contributed by atoms with van der Waals surface area (Å²) in [7, 11) is 4.56. The van der Waals surface area contributed by atoms with Gasteiger partial charge in [-0.3, -0.25) is 4.90 Å². The number of hydrogen-bond donors (Lipinski definition) is 5. The number of likely N-dealkylation sites (N-methyl/N-ethyl adjacent to an activating group) is 1. The highest BCUT2D eigenvalue weighted by Gasteiger charge is 2.98. The summed E-state index contributed by atoms with van der Waals surface area (Å²) in [4.78, 5) is 15.8.